The highest BCUT2D eigenvalue weighted by Gasteiger charge is 2.30. The van der Waals surface area contributed by atoms with Gasteiger partial charge in [-0.15, -0.1) is 10.2 Å². The van der Waals surface area contributed by atoms with Crippen molar-refractivity contribution in [2.45, 2.75) is 12.8 Å². The number of carbonyl (C=O) groups is 3. The summed E-state index contributed by atoms with van der Waals surface area (Å²) < 4.78 is 0. The molecule has 10 heteroatoms. The van der Waals surface area contributed by atoms with Gasteiger partial charge in [0, 0.05) is 23.8 Å². The van der Waals surface area contributed by atoms with E-state index in [1.54, 1.807) is 24.3 Å². The maximum Gasteiger partial charge on any atom is 0.308 e. The van der Waals surface area contributed by atoms with Gasteiger partial charge in [-0.05, 0) is 37.1 Å². The minimum atomic E-state index is -0.914. The number of amides is 2. The average Bonchev–Trinajstić information content (AvgIpc) is 3.13. The van der Waals surface area contributed by atoms with Crippen LogP contribution in [0.4, 0.5) is 5.69 Å². The van der Waals surface area contributed by atoms with Crippen molar-refractivity contribution in [2.75, 3.05) is 18.4 Å². The third-order valence-corrected chi connectivity index (χ3v) is 5.12. The van der Waals surface area contributed by atoms with Crippen LogP contribution in [0.2, 0.25) is 5.02 Å². The van der Waals surface area contributed by atoms with Crippen LogP contribution in [0.25, 0.3) is 0 Å². The fraction of sp³-hybridized carbons (Fsp3) is 0.312. The molecule has 1 atom stereocenters. The monoisotopic (exact) mass is 394 g/mol. The first-order valence-corrected chi connectivity index (χ1v) is 9.06. The lowest BCUT2D eigenvalue weighted by atomic mass is 9.98. The number of rotatable bonds is 4. The standard InChI is InChI=1S/C16H15ClN4O4S/c17-10-3-5-11(6-4-10)18-12(22)13-19-20-14(26-13)15(23)21-7-1-2-9(8-21)16(24)25/h3-6,9H,1-2,7-8H2,(H,18,22)(H,24,25)/t9-/m0/s1. The Morgan fingerprint density at radius 3 is 2.58 bits per heavy atom. The normalized spacial score (nSPS) is 17.0. The van der Waals surface area contributed by atoms with Gasteiger partial charge in [-0.25, -0.2) is 0 Å². The summed E-state index contributed by atoms with van der Waals surface area (Å²) in [6.07, 6.45) is 1.16. The van der Waals surface area contributed by atoms with Crippen molar-refractivity contribution in [1.29, 1.82) is 0 Å². The van der Waals surface area contributed by atoms with Crippen molar-refractivity contribution in [3.63, 3.8) is 0 Å². The Kier molecular flexibility index (Phi) is 5.48. The molecule has 8 nitrogen and oxygen atoms in total. The van der Waals surface area contributed by atoms with E-state index in [2.05, 4.69) is 15.5 Å². The summed E-state index contributed by atoms with van der Waals surface area (Å²) in [6, 6.07) is 6.57. The van der Waals surface area contributed by atoms with Gasteiger partial charge in [0.15, 0.2) is 0 Å². The van der Waals surface area contributed by atoms with Gasteiger partial charge < -0.3 is 15.3 Å². The number of carboxylic acid groups (broad SMARTS) is 1. The molecule has 1 aliphatic heterocycles. The zero-order valence-electron chi connectivity index (χ0n) is 13.5. The Balaban J connectivity index is 1.66. The van der Waals surface area contributed by atoms with Gasteiger partial charge in [0.25, 0.3) is 11.8 Å². The van der Waals surface area contributed by atoms with Gasteiger partial charge in [0.1, 0.15) is 0 Å². The lowest BCUT2D eigenvalue weighted by Crippen LogP contribution is -2.42. The van der Waals surface area contributed by atoms with E-state index in [9.17, 15) is 14.4 Å². The highest BCUT2D eigenvalue weighted by atomic mass is 35.5. The number of aromatic nitrogens is 2. The Bertz CT molecular complexity index is 839. The number of carboxylic acids is 1. The molecule has 0 unspecified atom stereocenters. The highest BCUT2D eigenvalue weighted by molar-refractivity contribution is 7.15. The molecule has 1 aromatic carbocycles. The van der Waals surface area contributed by atoms with E-state index in [-0.39, 0.29) is 16.6 Å². The van der Waals surface area contributed by atoms with Crippen molar-refractivity contribution in [3.8, 4) is 0 Å². The quantitative estimate of drug-likeness (QED) is 0.823. The van der Waals surface area contributed by atoms with Crippen LogP contribution in [0.1, 0.15) is 32.4 Å². The van der Waals surface area contributed by atoms with Crippen LogP contribution in [0, 0.1) is 5.92 Å². The van der Waals surface area contributed by atoms with Gasteiger partial charge >= 0.3 is 5.97 Å². The first-order valence-electron chi connectivity index (χ1n) is 7.86. The Morgan fingerprint density at radius 1 is 1.19 bits per heavy atom. The summed E-state index contributed by atoms with van der Waals surface area (Å²) in [5, 5.41) is 20.0. The molecular formula is C16H15ClN4O4S. The van der Waals surface area contributed by atoms with Crippen LogP contribution in [0.3, 0.4) is 0 Å². The number of halogens is 1. The number of carbonyl (C=O) groups excluding carboxylic acids is 2. The minimum absolute atomic E-state index is 0.0510. The van der Waals surface area contributed by atoms with Gasteiger partial charge in [0.05, 0.1) is 5.92 Å². The number of likely N-dealkylation sites (tertiary alicyclic amines) is 1. The molecule has 1 fully saturated rings. The Morgan fingerprint density at radius 2 is 1.88 bits per heavy atom. The molecule has 26 heavy (non-hydrogen) atoms. The molecule has 136 valence electrons. The van der Waals surface area contributed by atoms with Gasteiger partial charge in [-0.3, -0.25) is 14.4 Å². The first kappa shape index (κ1) is 18.3. The molecule has 0 saturated carbocycles. The van der Waals surface area contributed by atoms with Crippen LogP contribution in [0.5, 0.6) is 0 Å². The molecule has 2 aromatic rings. The van der Waals surface area contributed by atoms with Gasteiger partial charge in [0.2, 0.25) is 10.0 Å². The van der Waals surface area contributed by atoms with Crippen LogP contribution in [-0.2, 0) is 4.79 Å². The third kappa shape index (κ3) is 4.17. The first-order chi connectivity index (χ1) is 12.4. The predicted molar refractivity (Wildman–Crippen MR) is 95.6 cm³/mol. The topological polar surface area (TPSA) is 112 Å². The predicted octanol–water partition coefficient (Wildman–Crippen LogP) is 2.38. The maximum atomic E-state index is 12.5. The lowest BCUT2D eigenvalue weighted by molar-refractivity contribution is -0.143. The fourth-order valence-corrected chi connectivity index (χ4v) is 3.45. The van der Waals surface area contributed by atoms with E-state index in [1.165, 1.54) is 4.90 Å². The number of piperidine rings is 1. The zero-order chi connectivity index (χ0) is 18.7. The van der Waals surface area contributed by atoms with E-state index >= 15 is 0 Å². The molecule has 1 saturated heterocycles. The number of nitrogens with zero attached hydrogens (tertiary/aromatic N) is 3. The number of benzene rings is 1. The second-order valence-corrected chi connectivity index (χ2v) is 7.22. The van der Waals surface area contributed by atoms with Crippen LogP contribution in [-0.4, -0.2) is 51.1 Å². The zero-order valence-corrected chi connectivity index (χ0v) is 15.1. The second kappa shape index (κ2) is 7.79. The van der Waals surface area contributed by atoms with Crippen molar-refractivity contribution < 1.29 is 19.5 Å². The van der Waals surface area contributed by atoms with Crippen molar-refractivity contribution in [3.05, 3.63) is 39.3 Å². The molecule has 0 bridgehead atoms. The molecule has 1 aliphatic rings. The number of hydrogen-bond donors (Lipinski definition) is 2. The van der Waals surface area contributed by atoms with E-state index < -0.39 is 23.7 Å². The molecule has 2 heterocycles. The number of nitrogens with one attached hydrogen (secondary N) is 1. The van der Waals surface area contributed by atoms with E-state index in [0.717, 1.165) is 11.3 Å². The third-order valence-electron chi connectivity index (χ3n) is 3.96. The van der Waals surface area contributed by atoms with Crippen molar-refractivity contribution in [2.24, 2.45) is 5.92 Å². The summed E-state index contributed by atoms with van der Waals surface area (Å²) in [6.45, 7) is 0.606. The van der Waals surface area contributed by atoms with Gasteiger partial charge in [-0.1, -0.05) is 22.9 Å². The number of anilines is 1. The van der Waals surface area contributed by atoms with Crippen molar-refractivity contribution in [1.82, 2.24) is 15.1 Å². The highest BCUT2D eigenvalue weighted by Crippen LogP contribution is 2.21. The summed E-state index contributed by atoms with van der Waals surface area (Å²) in [4.78, 5) is 37.3. The van der Waals surface area contributed by atoms with E-state index in [0.29, 0.717) is 30.1 Å². The SMILES string of the molecule is O=C(Nc1ccc(Cl)cc1)c1nnc(C(=O)N2CCC[C@H](C(=O)O)C2)s1. The second-order valence-electron chi connectivity index (χ2n) is 5.80. The summed E-state index contributed by atoms with van der Waals surface area (Å²) >= 11 is 6.67. The molecule has 3 rings (SSSR count). The molecule has 1 aromatic heterocycles. The molecule has 2 amide bonds. The lowest BCUT2D eigenvalue weighted by Gasteiger charge is -2.29. The largest absolute Gasteiger partial charge is 0.481 e. The average molecular weight is 395 g/mol. The van der Waals surface area contributed by atoms with Crippen LogP contribution >= 0.6 is 22.9 Å². The molecule has 0 aliphatic carbocycles. The minimum Gasteiger partial charge on any atom is -0.481 e. The molecule has 0 spiro atoms. The fourth-order valence-electron chi connectivity index (χ4n) is 2.62. The summed E-state index contributed by atoms with van der Waals surface area (Å²) in [5.74, 6) is -2.37. The van der Waals surface area contributed by atoms with Crippen LogP contribution in [0.15, 0.2) is 24.3 Å². The van der Waals surface area contributed by atoms with E-state index in [1.807, 2.05) is 0 Å². The number of hydrogen-bond acceptors (Lipinski definition) is 6. The molecular weight excluding hydrogens is 380 g/mol. The Hall–Kier alpha value is -2.52. The van der Waals surface area contributed by atoms with Crippen molar-refractivity contribution >= 4 is 46.4 Å². The Labute approximate surface area is 157 Å². The number of aliphatic carboxylic acids is 1. The molecule has 0 radical (unpaired) electrons. The maximum absolute atomic E-state index is 12.5. The summed E-state index contributed by atoms with van der Waals surface area (Å²) in [7, 11) is 0. The van der Waals surface area contributed by atoms with E-state index in [4.69, 9.17) is 16.7 Å². The smallest absolute Gasteiger partial charge is 0.308 e. The van der Waals surface area contributed by atoms with Gasteiger partial charge in [-0.2, -0.15) is 0 Å². The van der Waals surface area contributed by atoms with Crippen LogP contribution < -0.4 is 5.32 Å². The molecule has 2 N–H and O–H groups in total. The summed E-state index contributed by atoms with van der Waals surface area (Å²) in [5.41, 5.74) is 0.544.